The van der Waals surface area contributed by atoms with Gasteiger partial charge in [0.15, 0.2) is 0 Å². The molecule has 7 nitrogen and oxygen atoms in total. The average Bonchev–Trinajstić information content (AvgIpc) is 3.24. The summed E-state index contributed by atoms with van der Waals surface area (Å²) in [5.74, 6) is 0.0706. The Balaban J connectivity index is 1.76. The number of aromatic nitrogens is 1. The second-order valence-electron chi connectivity index (χ2n) is 6.42. The molecule has 3 rings (SSSR count). The molecule has 26 heavy (non-hydrogen) atoms. The SMILES string of the molecule is Cc1ccc(S(=O)(=O)N2CCCC2C(=O)Nc2ccc(N(C)C)cn2)s1. The third kappa shape index (κ3) is 3.74. The summed E-state index contributed by atoms with van der Waals surface area (Å²) in [4.78, 5) is 19.7. The minimum absolute atomic E-state index is 0.281. The van der Waals surface area contributed by atoms with Crippen LogP contribution in [-0.2, 0) is 14.8 Å². The number of hydrogen-bond acceptors (Lipinski definition) is 6. The number of thiophene rings is 1. The molecule has 9 heteroatoms. The first kappa shape index (κ1) is 18.8. The van der Waals surface area contributed by atoms with E-state index in [2.05, 4.69) is 10.3 Å². The molecule has 1 aliphatic rings. The van der Waals surface area contributed by atoms with E-state index in [1.165, 1.54) is 15.6 Å². The number of sulfonamides is 1. The van der Waals surface area contributed by atoms with Crippen LogP contribution in [-0.4, -0.2) is 50.3 Å². The molecule has 0 radical (unpaired) electrons. The first-order valence-electron chi connectivity index (χ1n) is 8.31. The third-order valence-corrected chi connectivity index (χ3v) is 7.68. The van der Waals surface area contributed by atoms with Crippen molar-refractivity contribution >= 4 is 38.8 Å². The topological polar surface area (TPSA) is 82.6 Å². The summed E-state index contributed by atoms with van der Waals surface area (Å²) >= 11 is 1.23. The standard InChI is InChI=1S/C17H22N4O3S2/c1-12-6-9-16(25-12)26(23,24)21-10-4-5-14(21)17(22)19-15-8-7-13(11-18-15)20(2)3/h6-9,11,14H,4-5,10H2,1-3H3,(H,18,19,22). The molecule has 1 aliphatic heterocycles. The second-order valence-corrected chi connectivity index (χ2v) is 9.83. The van der Waals surface area contributed by atoms with E-state index in [0.717, 1.165) is 10.6 Å². The number of carbonyl (C=O) groups excluding carboxylic acids is 1. The van der Waals surface area contributed by atoms with Crippen molar-refractivity contribution in [2.75, 3.05) is 30.9 Å². The van der Waals surface area contributed by atoms with E-state index in [9.17, 15) is 13.2 Å². The van der Waals surface area contributed by atoms with Gasteiger partial charge in [-0.15, -0.1) is 11.3 Å². The first-order valence-corrected chi connectivity index (χ1v) is 10.6. The fourth-order valence-corrected chi connectivity index (χ4v) is 5.96. The highest BCUT2D eigenvalue weighted by Crippen LogP contribution is 2.30. The van der Waals surface area contributed by atoms with Gasteiger partial charge in [0, 0.05) is 25.5 Å². The molecule has 1 atom stereocenters. The molecule has 0 saturated carbocycles. The van der Waals surface area contributed by atoms with Crippen LogP contribution in [0.2, 0.25) is 0 Å². The summed E-state index contributed by atoms with van der Waals surface area (Å²) in [5, 5.41) is 2.74. The fourth-order valence-electron chi connectivity index (χ4n) is 2.89. The van der Waals surface area contributed by atoms with Gasteiger partial charge in [-0.25, -0.2) is 13.4 Å². The lowest BCUT2D eigenvalue weighted by Crippen LogP contribution is -2.43. The lowest BCUT2D eigenvalue weighted by atomic mass is 10.2. The van der Waals surface area contributed by atoms with Crippen LogP contribution < -0.4 is 10.2 Å². The van der Waals surface area contributed by atoms with Gasteiger partial charge >= 0.3 is 0 Å². The number of carbonyl (C=O) groups is 1. The van der Waals surface area contributed by atoms with E-state index in [1.54, 1.807) is 24.4 Å². The van der Waals surface area contributed by atoms with E-state index in [-0.39, 0.29) is 10.1 Å². The highest BCUT2D eigenvalue weighted by molar-refractivity contribution is 7.91. The molecular formula is C17H22N4O3S2. The Morgan fingerprint density at radius 3 is 2.65 bits per heavy atom. The van der Waals surface area contributed by atoms with E-state index < -0.39 is 16.1 Å². The highest BCUT2D eigenvalue weighted by atomic mass is 32.2. The lowest BCUT2D eigenvalue weighted by molar-refractivity contribution is -0.119. The van der Waals surface area contributed by atoms with Gasteiger partial charge in [-0.05, 0) is 44.0 Å². The summed E-state index contributed by atoms with van der Waals surface area (Å²) < 4.78 is 27.3. The van der Waals surface area contributed by atoms with Crippen molar-refractivity contribution in [2.24, 2.45) is 0 Å². The molecule has 1 unspecified atom stereocenters. The van der Waals surface area contributed by atoms with Crippen LogP contribution in [0.15, 0.2) is 34.7 Å². The minimum atomic E-state index is -3.66. The first-order chi connectivity index (χ1) is 12.3. The van der Waals surface area contributed by atoms with Gasteiger partial charge in [0.2, 0.25) is 5.91 Å². The number of nitrogens with one attached hydrogen (secondary N) is 1. The number of hydrogen-bond donors (Lipinski definition) is 1. The summed E-state index contributed by atoms with van der Waals surface area (Å²) in [6.07, 6.45) is 2.83. The maximum atomic E-state index is 12.9. The molecule has 1 fully saturated rings. The van der Waals surface area contributed by atoms with Gasteiger partial charge in [0.05, 0.1) is 11.9 Å². The van der Waals surface area contributed by atoms with Crippen molar-refractivity contribution < 1.29 is 13.2 Å². The van der Waals surface area contributed by atoms with Crippen LogP contribution in [0.1, 0.15) is 17.7 Å². The molecule has 1 saturated heterocycles. The Morgan fingerprint density at radius 1 is 1.31 bits per heavy atom. The van der Waals surface area contributed by atoms with Crippen molar-refractivity contribution in [3.8, 4) is 0 Å². The summed E-state index contributed by atoms with van der Waals surface area (Å²) in [5.41, 5.74) is 0.918. The Morgan fingerprint density at radius 2 is 2.08 bits per heavy atom. The second kappa shape index (κ2) is 7.34. The van der Waals surface area contributed by atoms with Gasteiger partial charge < -0.3 is 10.2 Å². The number of amides is 1. The van der Waals surface area contributed by atoms with Crippen LogP contribution in [0.25, 0.3) is 0 Å². The zero-order chi connectivity index (χ0) is 18.9. The normalized spacial score (nSPS) is 18.0. The van der Waals surface area contributed by atoms with Crippen molar-refractivity contribution in [2.45, 2.75) is 30.0 Å². The number of anilines is 2. The van der Waals surface area contributed by atoms with Crippen molar-refractivity contribution in [3.05, 3.63) is 35.3 Å². The third-order valence-electron chi connectivity index (χ3n) is 4.30. The van der Waals surface area contributed by atoms with E-state index in [4.69, 9.17) is 0 Å². The molecule has 0 aliphatic carbocycles. The zero-order valence-corrected chi connectivity index (χ0v) is 16.6. The molecule has 0 bridgehead atoms. The maximum Gasteiger partial charge on any atom is 0.253 e. The van der Waals surface area contributed by atoms with Crippen molar-refractivity contribution in [1.82, 2.24) is 9.29 Å². The summed E-state index contributed by atoms with van der Waals surface area (Å²) in [6, 6.07) is 6.23. The number of nitrogens with zero attached hydrogens (tertiary/aromatic N) is 3. The molecule has 1 N–H and O–H groups in total. The fraction of sp³-hybridized carbons (Fsp3) is 0.412. The van der Waals surface area contributed by atoms with Crippen molar-refractivity contribution in [1.29, 1.82) is 0 Å². The van der Waals surface area contributed by atoms with Gasteiger partial charge in [0.1, 0.15) is 16.1 Å². The summed E-state index contributed by atoms with van der Waals surface area (Å²) in [7, 11) is 0.153. The molecule has 0 spiro atoms. The van der Waals surface area contributed by atoms with Crippen molar-refractivity contribution in [3.63, 3.8) is 0 Å². The Labute approximate surface area is 157 Å². The van der Waals surface area contributed by atoms with Crippen LogP contribution in [0.3, 0.4) is 0 Å². The Bertz CT molecular complexity index is 891. The average molecular weight is 395 g/mol. The predicted molar refractivity (Wildman–Crippen MR) is 103 cm³/mol. The number of rotatable bonds is 5. The van der Waals surface area contributed by atoms with E-state index in [1.807, 2.05) is 32.0 Å². The quantitative estimate of drug-likeness (QED) is 0.841. The number of aryl methyl sites for hydroxylation is 1. The zero-order valence-electron chi connectivity index (χ0n) is 15.0. The van der Waals surface area contributed by atoms with Crippen LogP contribution in [0, 0.1) is 6.92 Å². The van der Waals surface area contributed by atoms with Gasteiger partial charge in [-0.1, -0.05) is 0 Å². The predicted octanol–water partition coefficient (Wildman–Crippen LogP) is 2.31. The van der Waals surface area contributed by atoms with Gasteiger partial charge in [0.25, 0.3) is 10.0 Å². The molecule has 0 aromatic carbocycles. The highest BCUT2D eigenvalue weighted by Gasteiger charge is 2.40. The molecular weight excluding hydrogens is 372 g/mol. The Hall–Kier alpha value is -1.97. The molecule has 3 heterocycles. The van der Waals surface area contributed by atoms with Crippen LogP contribution in [0.4, 0.5) is 11.5 Å². The molecule has 1 amide bonds. The monoisotopic (exact) mass is 394 g/mol. The van der Waals surface area contributed by atoms with Crippen LogP contribution >= 0.6 is 11.3 Å². The maximum absolute atomic E-state index is 12.9. The molecule has 140 valence electrons. The molecule has 2 aromatic heterocycles. The summed E-state index contributed by atoms with van der Waals surface area (Å²) in [6.45, 7) is 2.21. The lowest BCUT2D eigenvalue weighted by Gasteiger charge is -2.22. The Kier molecular flexibility index (Phi) is 5.31. The van der Waals surface area contributed by atoms with E-state index >= 15 is 0 Å². The smallest absolute Gasteiger partial charge is 0.253 e. The van der Waals surface area contributed by atoms with E-state index in [0.29, 0.717) is 25.2 Å². The molecule has 2 aromatic rings. The minimum Gasteiger partial charge on any atom is -0.376 e. The number of pyridine rings is 1. The van der Waals surface area contributed by atoms with Gasteiger partial charge in [-0.2, -0.15) is 4.31 Å². The van der Waals surface area contributed by atoms with Gasteiger partial charge in [-0.3, -0.25) is 4.79 Å². The van der Waals surface area contributed by atoms with Crippen LogP contribution in [0.5, 0.6) is 0 Å². The largest absolute Gasteiger partial charge is 0.376 e.